The zero-order chi connectivity index (χ0) is 17.3. The third-order valence-electron chi connectivity index (χ3n) is 4.26. The summed E-state index contributed by atoms with van der Waals surface area (Å²) in [7, 11) is 0. The highest BCUT2D eigenvalue weighted by Crippen LogP contribution is 2.37. The van der Waals surface area contributed by atoms with Crippen LogP contribution in [0, 0.1) is 5.41 Å². The molecule has 24 heavy (non-hydrogen) atoms. The second-order valence-electron chi connectivity index (χ2n) is 7.08. The summed E-state index contributed by atoms with van der Waals surface area (Å²) in [5.41, 5.74) is 2.66. The van der Waals surface area contributed by atoms with Crippen molar-refractivity contribution in [1.82, 2.24) is 5.01 Å². The lowest BCUT2D eigenvalue weighted by molar-refractivity contribution is 0.0711. The standard InChI is InChI=1S/C20H21ClN2O/c1-20(2,3)18-13-17(14-9-11-16(21)12-10-14)23(22-18)19(24)15-7-5-4-6-8-15/h4-12,17H,13H2,1-3H3. The molecule has 0 spiro atoms. The lowest BCUT2D eigenvalue weighted by Gasteiger charge is -2.22. The molecule has 1 amide bonds. The van der Waals surface area contributed by atoms with E-state index in [1.54, 1.807) is 5.01 Å². The molecule has 2 aromatic carbocycles. The minimum Gasteiger partial charge on any atom is -0.267 e. The van der Waals surface area contributed by atoms with Crippen LogP contribution in [0.1, 0.15) is 49.2 Å². The largest absolute Gasteiger partial charge is 0.274 e. The maximum absolute atomic E-state index is 13.0. The first-order valence-corrected chi connectivity index (χ1v) is 8.46. The predicted octanol–water partition coefficient (Wildman–Crippen LogP) is 5.33. The topological polar surface area (TPSA) is 32.7 Å². The molecule has 3 nitrogen and oxygen atoms in total. The lowest BCUT2D eigenvalue weighted by Crippen LogP contribution is -2.27. The fourth-order valence-electron chi connectivity index (χ4n) is 2.81. The van der Waals surface area contributed by atoms with E-state index in [2.05, 4.69) is 25.9 Å². The fourth-order valence-corrected chi connectivity index (χ4v) is 2.94. The Hall–Kier alpha value is -2.13. The molecule has 0 saturated heterocycles. The predicted molar refractivity (Wildman–Crippen MR) is 98.3 cm³/mol. The van der Waals surface area contributed by atoms with Gasteiger partial charge in [0.1, 0.15) is 0 Å². The van der Waals surface area contributed by atoms with Crippen LogP contribution in [0.15, 0.2) is 59.7 Å². The SMILES string of the molecule is CC(C)(C)C1=NN(C(=O)c2ccccc2)C(c2ccc(Cl)cc2)C1. The van der Waals surface area contributed by atoms with Crippen LogP contribution in [0.5, 0.6) is 0 Å². The van der Waals surface area contributed by atoms with E-state index in [1.165, 1.54) is 0 Å². The molecule has 0 aromatic heterocycles. The summed E-state index contributed by atoms with van der Waals surface area (Å²) >= 11 is 6.01. The van der Waals surface area contributed by atoms with Gasteiger partial charge in [0, 0.05) is 28.1 Å². The number of benzene rings is 2. The molecular formula is C20H21ClN2O. The van der Waals surface area contributed by atoms with Gasteiger partial charge in [0.15, 0.2) is 0 Å². The van der Waals surface area contributed by atoms with E-state index in [0.717, 1.165) is 17.7 Å². The van der Waals surface area contributed by atoms with E-state index in [9.17, 15) is 4.79 Å². The van der Waals surface area contributed by atoms with Crippen molar-refractivity contribution in [3.05, 3.63) is 70.7 Å². The maximum atomic E-state index is 13.0. The number of hydrogen-bond acceptors (Lipinski definition) is 2. The van der Waals surface area contributed by atoms with Gasteiger partial charge >= 0.3 is 0 Å². The summed E-state index contributed by atoms with van der Waals surface area (Å²) in [6.45, 7) is 6.38. The van der Waals surface area contributed by atoms with Crippen molar-refractivity contribution in [2.24, 2.45) is 10.5 Å². The smallest absolute Gasteiger partial charge is 0.267 e. The molecule has 1 heterocycles. The first-order chi connectivity index (χ1) is 11.4. The van der Waals surface area contributed by atoms with E-state index >= 15 is 0 Å². The molecule has 0 N–H and O–H groups in total. The molecule has 1 aliphatic rings. The number of amides is 1. The lowest BCUT2D eigenvalue weighted by atomic mass is 9.86. The third-order valence-corrected chi connectivity index (χ3v) is 4.51. The number of nitrogens with zero attached hydrogens (tertiary/aromatic N) is 2. The molecule has 1 unspecified atom stereocenters. The van der Waals surface area contributed by atoms with E-state index in [0.29, 0.717) is 10.6 Å². The minimum atomic E-state index is -0.0933. The van der Waals surface area contributed by atoms with Crippen molar-refractivity contribution in [2.75, 3.05) is 0 Å². The number of carbonyl (C=O) groups is 1. The number of halogens is 1. The number of hydrazone groups is 1. The molecule has 0 aliphatic carbocycles. The summed E-state index contributed by atoms with van der Waals surface area (Å²) in [5, 5.41) is 7.00. The first-order valence-electron chi connectivity index (χ1n) is 8.08. The van der Waals surface area contributed by atoms with E-state index in [-0.39, 0.29) is 17.4 Å². The van der Waals surface area contributed by atoms with Gasteiger partial charge in [-0.3, -0.25) is 4.79 Å². The van der Waals surface area contributed by atoms with Crippen LogP contribution >= 0.6 is 11.6 Å². The van der Waals surface area contributed by atoms with Gasteiger partial charge in [0.25, 0.3) is 5.91 Å². The van der Waals surface area contributed by atoms with Crippen LogP contribution in [-0.2, 0) is 0 Å². The average Bonchev–Trinajstić information content (AvgIpc) is 3.01. The van der Waals surface area contributed by atoms with Crippen LogP contribution in [0.25, 0.3) is 0 Å². The maximum Gasteiger partial charge on any atom is 0.274 e. The molecule has 3 rings (SSSR count). The second-order valence-corrected chi connectivity index (χ2v) is 7.52. The molecule has 0 radical (unpaired) electrons. The first kappa shape index (κ1) is 16.7. The van der Waals surface area contributed by atoms with Crippen molar-refractivity contribution >= 4 is 23.2 Å². The van der Waals surface area contributed by atoms with Gasteiger partial charge in [0.2, 0.25) is 0 Å². The van der Waals surface area contributed by atoms with Crippen LogP contribution in [0.4, 0.5) is 0 Å². The monoisotopic (exact) mass is 340 g/mol. The Morgan fingerprint density at radius 1 is 1.08 bits per heavy atom. The van der Waals surface area contributed by atoms with Gasteiger partial charge in [0.05, 0.1) is 6.04 Å². The van der Waals surface area contributed by atoms with Crippen LogP contribution in [-0.4, -0.2) is 16.6 Å². The highest BCUT2D eigenvalue weighted by molar-refractivity contribution is 6.30. The Labute approximate surface area is 147 Å². The van der Waals surface area contributed by atoms with Gasteiger partial charge in [-0.1, -0.05) is 62.7 Å². The molecule has 0 saturated carbocycles. The quantitative estimate of drug-likeness (QED) is 0.727. The van der Waals surface area contributed by atoms with Crippen molar-refractivity contribution in [3.63, 3.8) is 0 Å². The molecule has 0 bridgehead atoms. The summed E-state index contributed by atoms with van der Waals surface area (Å²) in [4.78, 5) is 13.0. The summed E-state index contributed by atoms with van der Waals surface area (Å²) in [5.74, 6) is -0.0743. The van der Waals surface area contributed by atoms with Crippen LogP contribution in [0.3, 0.4) is 0 Å². The zero-order valence-corrected chi connectivity index (χ0v) is 14.9. The fraction of sp³-hybridized carbons (Fsp3) is 0.300. The highest BCUT2D eigenvalue weighted by Gasteiger charge is 2.36. The van der Waals surface area contributed by atoms with Crippen molar-refractivity contribution in [1.29, 1.82) is 0 Å². The van der Waals surface area contributed by atoms with Crippen molar-refractivity contribution < 1.29 is 4.79 Å². The van der Waals surface area contributed by atoms with Gasteiger partial charge in [-0.2, -0.15) is 5.10 Å². The van der Waals surface area contributed by atoms with E-state index < -0.39 is 0 Å². The van der Waals surface area contributed by atoms with E-state index in [4.69, 9.17) is 11.6 Å². The van der Waals surface area contributed by atoms with Crippen LogP contribution in [0.2, 0.25) is 5.02 Å². The van der Waals surface area contributed by atoms with Crippen molar-refractivity contribution in [3.8, 4) is 0 Å². The normalized spacial score (nSPS) is 17.8. The van der Waals surface area contributed by atoms with Gasteiger partial charge in [-0.15, -0.1) is 0 Å². The summed E-state index contributed by atoms with van der Waals surface area (Å²) < 4.78 is 0. The number of carbonyl (C=O) groups excluding carboxylic acids is 1. The molecular weight excluding hydrogens is 320 g/mol. The van der Waals surface area contributed by atoms with Crippen LogP contribution < -0.4 is 0 Å². The van der Waals surface area contributed by atoms with Gasteiger partial charge in [-0.05, 0) is 29.8 Å². The third kappa shape index (κ3) is 3.36. The number of hydrogen-bond donors (Lipinski definition) is 0. The Balaban J connectivity index is 1.98. The molecule has 1 aliphatic heterocycles. The minimum absolute atomic E-state index is 0.0730. The zero-order valence-electron chi connectivity index (χ0n) is 14.2. The molecule has 124 valence electrons. The molecule has 1 atom stereocenters. The Bertz CT molecular complexity index is 760. The van der Waals surface area contributed by atoms with Gasteiger partial charge < -0.3 is 0 Å². The van der Waals surface area contributed by atoms with Gasteiger partial charge in [-0.25, -0.2) is 5.01 Å². The van der Waals surface area contributed by atoms with E-state index in [1.807, 2.05) is 54.6 Å². The molecule has 2 aromatic rings. The summed E-state index contributed by atoms with van der Waals surface area (Å²) in [6.07, 6.45) is 0.740. The Kier molecular flexibility index (Phi) is 4.46. The molecule has 0 fully saturated rings. The van der Waals surface area contributed by atoms with Crippen molar-refractivity contribution in [2.45, 2.75) is 33.2 Å². The Morgan fingerprint density at radius 2 is 1.71 bits per heavy atom. The number of rotatable bonds is 2. The summed E-state index contributed by atoms with van der Waals surface area (Å²) in [6, 6.07) is 16.9. The highest BCUT2D eigenvalue weighted by atomic mass is 35.5. The average molecular weight is 341 g/mol. The second kappa shape index (κ2) is 6.40. The molecule has 4 heteroatoms. The Morgan fingerprint density at radius 3 is 2.29 bits per heavy atom.